The van der Waals surface area contributed by atoms with Gasteiger partial charge in [0.05, 0.1) is 17.6 Å². The number of halogens is 1. The van der Waals surface area contributed by atoms with Gasteiger partial charge in [0.15, 0.2) is 0 Å². The van der Waals surface area contributed by atoms with Crippen molar-refractivity contribution in [2.24, 2.45) is 5.92 Å². The minimum absolute atomic E-state index is 0.124. The molecule has 0 N–H and O–H groups in total. The third kappa shape index (κ3) is 5.42. The van der Waals surface area contributed by atoms with Crippen molar-refractivity contribution in [2.75, 3.05) is 13.1 Å². The Morgan fingerprint density at radius 3 is 2.27 bits per heavy atom. The number of piperidine rings is 1. The highest BCUT2D eigenvalue weighted by molar-refractivity contribution is 6.30. The molecule has 0 unspecified atom stereocenters. The third-order valence-corrected chi connectivity index (χ3v) is 6.91. The van der Waals surface area contributed by atoms with E-state index in [9.17, 15) is 4.79 Å². The van der Waals surface area contributed by atoms with Gasteiger partial charge in [-0.25, -0.2) is 4.98 Å². The summed E-state index contributed by atoms with van der Waals surface area (Å²) < 4.78 is 2.31. The smallest absolute Gasteiger partial charge is 0.226 e. The van der Waals surface area contributed by atoms with E-state index in [1.54, 1.807) is 0 Å². The molecule has 3 aromatic rings. The van der Waals surface area contributed by atoms with Gasteiger partial charge < -0.3 is 9.47 Å². The summed E-state index contributed by atoms with van der Waals surface area (Å²) in [6, 6.07) is 16.8. The Morgan fingerprint density at radius 1 is 1.00 bits per heavy atom. The third-order valence-electron chi connectivity index (χ3n) is 6.66. The van der Waals surface area contributed by atoms with E-state index in [0.717, 1.165) is 60.9 Å². The van der Waals surface area contributed by atoms with Crippen LogP contribution >= 0.6 is 11.6 Å². The van der Waals surface area contributed by atoms with Crippen LogP contribution in [0.1, 0.15) is 51.9 Å². The van der Waals surface area contributed by atoms with E-state index < -0.39 is 0 Å². The van der Waals surface area contributed by atoms with Crippen LogP contribution in [-0.4, -0.2) is 50.4 Å². The molecule has 1 saturated heterocycles. The van der Waals surface area contributed by atoms with Crippen LogP contribution in [0.5, 0.6) is 0 Å². The van der Waals surface area contributed by atoms with Crippen LogP contribution < -0.4 is 0 Å². The first-order chi connectivity index (χ1) is 15.8. The van der Waals surface area contributed by atoms with E-state index in [1.807, 2.05) is 23.1 Å². The first-order valence-electron chi connectivity index (χ1n) is 12.1. The van der Waals surface area contributed by atoms with Crippen LogP contribution in [0.4, 0.5) is 0 Å². The number of imidazole rings is 1. The molecule has 6 heteroatoms. The van der Waals surface area contributed by atoms with Crippen molar-refractivity contribution < 1.29 is 4.79 Å². The monoisotopic (exact) mass is 466 g/mol. The van der Waals surface area contributed by atoms with E-state index in [4.69, 9.17) is 16.6 Å². The quantitative estimate of drug-likeness (QED) is 0.455. The van der Waals surface area contributed by atoms with Gasteiger partial charge in [-0.15, -0.1) is 0 Å². The maximum absolute atomic E-state index is 13.1. The first kappa shape index (κ1) is 23.8. The van der Waals surface area contributed by atoms with Gasteiger partial charge in [0, 0.05) is 29.6 Å². The summed E-state index contributed by atoms with van der Waals surface area (Å²) in [4.78, 5) is 22.6. The molecular weight excluding hydrogens is 432 g/mol. The molecule has 0 saturated carbocycles. The minimum Gasteiger partial charge on any atom is -0.338 e. The fourth-order valence-electron chi connectivity index (χ4n) is 5.05. The van der Waals surface area contributed by atoms with Crippen LogP contribution in [-0.2, 0) is 17.9 Å². The molecule has 176 valence electrons. The number of para-hydroxylation sites is 2. The molecule has 0 bridgehead atoms. The van der Waals surface area contributed by atoms with Crippen LogP contribution in [0.15, 0.2) is 48.5 Å². The van der Waals surface area contributed by atoms with Crippen molar-refractivity contribution in [2.45, 2.75) is 65.7 Å². The molecule has 2 aromatic carbocycles. The van der Waals surface area contributed by atoms with Crippen LogP contribution in [0.2, 0.25) is 5.02 Å². The Bertz CT molecular complexity index is 1070. The predicted molar refractivity (Wildman–Crippen MR) is 135 cm³/mol. The van der Waals surface area contributed by atoms with E-state index in [2.05, 4.69) is 67.5 Å². The number of hydrogen-bond acceptors (Lipinski definition) is 3. The van der Waals surface area contributed by atoms with E-state index in [1.165, 1.54) is 5.56 Å². The Morgan fingerprint density at radius 2 is 1.64 bits per heavy atom. The summed E-state index contributed by atoms with van der Waals surface area (Å²) in [5, 5.41) is 0.750. The maximum Gasteiger partial charge on any atom is 0.226 e. The lowest BCUT2D eigenvalue weighted by Gasteiger charge is -2.37. The van der Waals surface area contributed by atoms with Gasteiger partial charge in [0.25, 0.3) is 0 Å². The van der Waals surface area contributed by atoms with Gasteiger partial charge in [-0.1, -0.05) is 35.9 Å². The number of benzene rings is 2. The molecule has 33 heavy (non-hydrogen) atoms. The molecule has 2 heterocycles. The number of amides is 1. The second kappa shape index (κ2) is 10.3. The summed E-state index contributed by atoms with van der Waals surface area (Å²) in [5.41, 5.74) is 3.38. The number of hydrogen-bond donors (Lipinski definition) is 0. The van der Waals surface area contributed by atoms with Crippen molar-refractivity contribution in [1.29, 1.82) is 0 Å². The Labute approximate surface area is 202 Å². The molecule has 1 aliphatic rings. The molecule has 1 fully saturated rings. The maximum atomic E-state index is 13.1. The van der Waals surface area contributed by atoms with Gasteiger partial charge in [-0.2, -0.15) is 0 Å². The van der Waals surface area contributed by atoms with Gasteiger partial charge in [-0.05, 0) is 83.5 Å². The SMILES string of the molecule is CC(C)N(C(=O)C1CCN(Cc2nc3ccccc3n2Cc2ccc(Cl)cc2)CC1)C(C)C. The summed E-state index contributed by atoms with van der Waals surface area (Å²) >= 11 is 6.08. The highest BCUT2D eigenvalue weighted by atomic mass is 35.5. The van der Waals surface area contributed by atoms with Gasteiger partial charge in [0.2, 0.25) is 5.91 Å². The van der Waals surface area contributed by atoms with Gasteiger partial charge >= 0.3 is 0 Å². The zero-order valence-electron chi connectivity index (χ0n) is 20.2. The molecule has 0 aliphatic carbocycles. The summed E-state index contributed by atoms with van der Waals surface area (Å²) in [7, 11) is 0. The second-order valence-electron chi connectivity index (χ2n) is 9.71. The molecule has 0 spiro atoms. The lowest BCUT2D eigenvalue weighted by molar-refractivity contribution is -0.140. The fourth-order valence-corrected chi connectivity index (χ4v) is 5.17. The van der Waals surface area contributed by atoms with Gasteiger partial charge in [-0.3, -0.25) is 9.69 Å². The van der Waals surface area contributed by atoms with Crippen LogP contribution in [0.3, 0.4) is 0 Å². The Balaban J connectivity index is 1.47. The van der Waals surface area contributed by atoms with Gasteiger partial charge in [0.1, 0.15) is 5.82 Å². The van der Waals surface area contributed by atoms with Crippen molar-refractivity contribution in [3.05, 3.63) is 64.9 Å². The zero-order valence-corrected chi connectivity index (χ0v) is 20.9. The Kier molecular flexibility index (Phi) is 7.40. The average molecular weight is 467 g/mol. The van der Waals surface area contributed by atoms with E-state index >= 15 is 0 Å². The second-order valence-corrected chi connectivity index (χ2v) is 10.1. The summed E-state index contributed by atoms with van der Waals surface area (Å²) in [6.07, 6.45) is 1.82. The number of carbonyl (C=O) groups is 1. The lowest BCUT2D eigenvalue weighted by Crippen LogP contribution is -2.48. The molecule has 5 nitrogen and oxygen atoms in total. The number of rotatable bonds is 7. The highest BCUT2D eigenvalue weighted by Crippen LogP contribution is 2.25. The van der Waals surface area contributed by atoms with Crippen molar-refractivity contribution >= 4 is 28.5 Å². The summed E-state index contributed by atoms with van der Waals surface area (Å²) in [6.45, 7) is 11.8. The number of aromatic nitrogens is 2. The number of likely N-dealkylation sites (tertiary alicyclic amines) is 1. The molecule has 1 aromatic heterocycles. The van der Waals surface area contributed by atoms with Crippen LogP contribution in [0.25, 0.3) is 11.0 Å². The number of carbonyl (C=O) groups excluding carboxylic acids is 1. The normalized spacial score (nSPS) is 15.6. The largest absolute Gasteiger partial charge is 0.338 e. The number of fused-ring (bicyclic) bond motifs is 1. The standard InChI is InChI=1S/C27H35ClN4O/c1-19(2)32(20(3)4)27(33)22-13-15-30(16-14-22)18-26-29-24-7-5-6-8-25(24)31(26)17-21-9-11-23(28)12-10-21/h5-12,19-20,22H,13-18H2,1-4H3. The summed E-state index contributed by atoms with van der Waals surface area (Å²) in [5.74, 6) is 1.51. The first-order valence-corrected chi connectivity index (χ1v) is 12.4. The molecular formula is C27H35ClN4O. The average Bonchev–Trinajstić information content (AvgIpc) is 3.12. The van der Waals surface area contributed by atoms with Crippen molar-refractivity contribution in [3.8, 4) is 0 Å². The van der Waals surface area contributed by atoms with Crippen molar-refractivity contribution in [3.63, 3.8) is 0 Å². The molecule has 1 amide bonds. The van der Waals surface area contributed by atoms with E-state index in [0.29, 0.717) is 5.91 Å². The lowest BCUT2D eigenvalue weighted by atomic mass is 9.94. The molecule has 4 rings (SSSR count). The number of nitrogens with zero attached hydrogens (tertiary/aromatic N) is 4. The topological polar surface area (TPSA) is 41.4 Å². The fraction of sp³-hybridized carbons (Fsp3) is 0.481. The zero-order chi connectivity index (χ0) is 23.5. The molecule has 1 aliphatic heterocycles. The van der Waals surface area contributed by atoms with E-state index in [-0.39, 0.29) is 18.0 Å². The predicted octanol–water partition coefficient (Wildman–Crippen LogP) is 5.60. The molecule has 0 atom stereocenters. The minimum atomic E-state index is 0.124. The highest BCUT2D eigenvalue weighted by Gasteiger charge is 2.31. The van der Waals surface area contributed by atoms with Crippen LogP contribution in [0, 0.1) is 5.92 Å². The van der Waals surface area contributed by atoms with Crippen molar-refractivity contribution in [1.82, 2.24) is 19.4 Å². The Hall–Kier alpha value is -2.37. The molecule has 0 radical (unpaired) electrons.